The molecule has 3 fully saturated rings. The first-order valence-electron chi connectivity index (χ1n) is 9.36. The molecule has 1 saturated heterocycles. The van der Waals surface area contributed by atoms with Gasteiger partial charge in [-0.05, 0) is 69.9 Å². The highest BCUT2D eigenvalue weighted by atomic mass is 15.2. The highest BCUT2D eigenvalue weighted by molar-refractivity contribution is 4.92. The Hall–Kier alpha value is -0.0800. The van der Waals surface area contributed by atoms with E-state index in [1.165, 1.54) is 83.8 Å². The third kappa shape index (κ3) is 3.39. The lowest BCUT2D eigenvalue weighted by Crippen LogP contribution is -2.51. The largest absolute Gasteiger partial charge is 0.312 e. The Labute approximate surface area is 125 Å². The summed E-state index contributed by atoms with van der Waals surface area (Å²) in [6.07, 6.45) is 14.6. The van der Waals surface area contributed by atoms with Gasteiger partial charge in [0.2, 0.25) is 0 Å². The lowest BCUT2D eigenvalue weighted by atomic mass is 9.90. The zero-order valence-electron chi connectivity index (χ0n) is 13.4. The number of nitrogens with one attached hydrogen (secondary N) is 1. The Morgan fingerprint density at radius 2 is 1.80 bits per heavy atom. The van der Waals surface area contributed by atoms with Crippen molar-refractivity contribution in [3.63, 3.8) is 0 Å². The second kappa shape index (κ2) is 7.26. The Kier molecular flexibility index (Phi) is 5.39. The maximum atomic E-state index is 3.90. The molecule has 0 amide bonds. The van der Waals surface area contributed by atoms with Crippen LogP contribution in [-0.4, -0.2) is 36.6 Å². The summed E-state index contributed by atoms with van der Waals surface area (Å²) in [4.78, 5) is 2.88. The fourth-order valence-electron chi connectivity index (χ4n) is 5.11. The van der Waals surface area contributed by atoms with Crippen molar-refractivity contribution in [3.8, 4) is 0 Å². The molecule has 0 aromatic heterocycles. The van der Waals surface area contributed by atoms with Crippen molar-refractivity contribution in [3.05, 3.63) is 0 Å². The van der Waals surface area contributed by atoms with E-state index in [9.17, 15) is 0 Å². The predicted octanol–water partition coefficient (Wildman–Crippen LogP) is 3.81. The van der Waals surface area contributed by atoms with Gasteiger partial charge in [0.25, 0.3) is 0 Å². The highest BCUT2D eigenvalue weighted by Crippen LogP contribution is 2.37. The Morgan fingerprint density at radius 3 is 2.60 bits per heavy atom. The summed E-state index contributed by atoms with van der Waals surface area (Å²) in [7, 11) is 0. The van der Waals surface area contributed by atoms with Gasteiger partial charge in [-0.3, -0.25) is 4.90 Å². The molecule has 0 aromatic carbocycles. The molecule has 1 heterocycles. The first kappa shape index (κ1) is 14.8. The average Bonchev–Trinajstić information content (AvgIpc) is 3.14. The molecule has 3 aliphatic rings. The highest BCUT2D eigenvalue weighted by Gasteiger charge is 2.36. The van der Waals surface area contributed by atoms with E-state index in [1.54, 1.807) is 0 Å². The topological polar surface area (TPSA) is 15.3 Å². The molecule has 0 aromatic rings. The van der Waals surface area contributed by atoms with Crippen molar-refractivity contribution < 1.29 is 0 Å². The first-order valence-corrected chi connectivity index (χ1v) is 9.36. The van der Waals surface area contributed by atoms with Crippen molar-refractivity contribution in [1.82, 2.24) is 10.2 Å². The second-order valence-corrected chi connectivity index (χ2v) is 7.50. The summed E-state index contributed by atoms with van der Waals surface area (Å²) in [5.74, 6) is 2.00. The van der Waals surface area contributed by atoms with E-state index in [4.69, 9.17) is 0 Å². The van der Waals surface area contributed by atoms with E-state index in [1.807, 2.05) is 0 Å². The third-order valence-corrected chi connectivity index (χ3v) is 6.16. The monoisotopic (exact) mass is 278 g/mol. The lowest BCUT2D eigenvalue weighted by Gasteiger charge is -2.41. The minimum atomic E-state index is 0.775. The molecule has 0 bridgehead atoms. The molecule has 20 heavy (non-hydrogen) atoms. The molecular formula is C18H34N2. The van der Waals surface area contributed by atoms with Gasteiger partial charge in [-0.25, -0.2) is 0 Å². The number of rotatable bonds is 6. The van der Waals surface area contributed by atoms with E-state index in [-0.39, 0.29) is 0 Å². The summed E-state index contributed by atoms with van der Waals surface area (Å²) < 4.78 is 0. The first-order chi connectivity index (χ1) is 9.88. The average molecular weight is 278 g/mol. The van der Waals surface area contributed by atoms with Crippen LogP contribution in [0.1, 0.15) is 71.1 Å². The maximum absolute atomic E-state index is 3.90. The Bertz CT molecular complexity index is 285. The van der Waals surface area contributed by atoms with Crippen molar-refractivity contribution in [2.75, 3.05) is 19.6 Å². The lowest BCUT2D eigenvalue weighted by molar-refractivity contribution is 0.0910. The van der Waals surface area contributed by atoms with E-state index >= 15 is 0 Å². The van der Waals surface area contributed by atoms with Crippen LogP contribution in [0.3, 0.4) is 0 Å². The van der Waals surface area contributed by atoms with Crippen molar-refractivity contribution in [1.29, 1.82) is 0 Å². The van der Waals surface area contributed by atoms with Crippen molar-refractivity contribution in [2.24, 2.45) is 11.8 Å². The minimum Gasteiger partial charge on any atom is -0.312 e. The van der Waals surface area contributed by atoms with Gasteiger partial charge in [0.15, 0.2) is 0 Å². The molecule has 2 aliphatic carbocycles. The molecule has 3 atom stereocenters. The maximum Gasteiger partial charge on any atom is 0.0223 e. The zero-order chi connectivity index (χ0) is 13.8. The van der Waals surface area contributed by atoms with Crippen LogP contribution < -0.4 is 5.32 Å². The Morgan fingerprint density at radius 1 is 1.00 bits per heavy atom. The number of nitrogens with zero attached hydrogens (tertiary/aromatic N) is 1. The molecule has 3 unspecified atom stereocenters. The van der Waals surface area contributed by atoms with Gasteiger partial charge < -0.3 is 5.32 Å². The van der Waals surface area contributed by atoms with Crippen LogP contribution in [0.5, 0.6) is 0 Å². The van der Waals surface area contributed by atoms with Crippen LogP contribution in [0.2, 0.25) is 0 Å². The summed E-state index contributed by atoms with van der Waals surface area (Å²) in [5, 5.41) is 3.90. The summed E-state index contributed by atoms with van der Waals surface area (Å²) in [6, 6.07) is 1.72. The standard InChI is InChI=1S/C18H34N2/c1-2-12-19-17(15-7-3-4-8-15)14-20-13-6-10-16-9-5-11-18(16)20/h15-19H,2-14H2,1H3. The van der Waals surface area contributed by atoms with Crippen LogP contribution in [0.4, 0.5) is 0 Å². The smallest absolute Gasteiger partial charge is 0.0223 e. The molecule has 1 aliphatic heterocycles. The summed E-state index contributed by atoms with van der Waals surface area (Å²) in [6.45, 7) is 6.22. The summed E-state index contributed by atoms with van der Waals surface area (Å²) >= 11 is 0. The number of hydrogen-bond donors (Lipinski definition) is 1. The van der Waals surface area contributed by atoms with Gasteiger partial charge in [0.05, 0.1) is 0 Å². The zero-order valence-corrected chi connectivity index (χ0v) is 13.4. The SMILES string of the molecule is CCCNC(CN1CCCC2CCCC21)C1CCCC1. The molecular weight excluding hydrogens is 244 g/mol. The van der Waals surface area contributed by atoms with E-state index in [2.05, 4.69) is 17.1 Å². The fraction of sp³-hybridized carbons (Fsp3) is 1.00. The van der Waals surface area contributed by atoms with Gasteiger partial charge in [-0.2, -0.15) is 0 Å². The number of likely N-dealkylation sites (tertiary alicyclic amines) is 1. The van der Waals surface area contributed by atoms with Crippen molar-refractivity contribution >= 4 is 0 Å². The number of piperidine rings is 1. The number of hydrogen-bond acceptors (Lipinski definition) is 2. The molecule has 3 rings (SSSR count). The third-order valence-electron chi connectivity index (χ3n) is 6.16. The Balaban J connectivity index is 1.59. The molecule has 2 saturated carbocycles. The van der Waals surface area contributed by atoms with Crippen LogP contribution in [0.25, 0.3) is 0 Å². The van der Waals surface area contributed by atoms with E-state index in [0.717, 1.165) is 23.9 Å². The quantitative estimate of drug-likeness (QED) is 0.795. The fourth-order valence-corrected chi connectivity index (χ4v) is 5.11. The van der Waals surface area contributed by atoms with Gasteiger partial charge in [-0.1, -0.05) is 26.2 Å². The van der Waals surface area contributed by atoms with Gasteiger partial charge in [0.1, 0.15) is 0 Å². The molecule has 0 radical (unpaired) electrons. The van der Waals surface area contributed by atoms with E-state index in [0.29, 0.717) is 0 Å². The predicted molar refractivity (Wildman–Crippen MR) is 86.0 cm³/mol. The van der Waals surface area contributed by atoms with E-state index < -0.39 is 0 Å². The number of fused-ring (bicyclic) bond motifs is 1. The van der Waals surface area contributed by atoms with Crippen LogP contribution in [-0.2, 0) is 0 Å². The van der Waals surface area contributed by atoms with Gasteiger partial charge >= 0.3 is 0 Å². The molecule has 2 nitrogen and oxygen atoms in total. The second-order valence-electron chi connectivity index (χ2n) is 7.50. The van der Waals surface area contributed by atoms with Crippen LogP contribution >= 0.6 is 0 Å². The molecule has 1 N–H and O–H groups in total. The molecule has 0 spiro atoms. The van der Waals surface area contributed by atoms with Crippen LogP contribution in [0, 0.1) is 11.8 Å². The van der Waals surface area contributed by atoms with Gasteiger partial charge in [0, 0.05) is 18.6 Å². The summed E-state index contributed by atoms with van der Waals surface area (Å²) in [5.41, 5.74) is 0. The molecule has 116 valence electrons. The normalized spacial score (nSPS) is 33.5. The van der Waals surface area contributed by atoms with Crippen molar-refractivity contribution in [2.45, 2.75) is 83.2 Å². The molecule has 2 heteroatoms. The minimum absolute atomic E-state index is 0.775. The van der Waals surface area contributed by atoms with Gasteiger partial charge in [-0.15, -0.1) is 0 Å². The van der Waals surface area contributed by atoms with Crippen LogP contribution in [0.15, 0.2) is 0 Å².